The first-order valence-electron chi connectivity index (χ1n) is 0. The lowest BCUT2D eigenvalue weighted by atomic mass is 12.0. The summed E-state index contributed by atoms with van der Waals surface area (Å²) < 4.78 is 0. The van der Waals surface area contributed by atoms with Crippen molar-refractivity contribution in [1.82, 2.24) is 0 Å². The Morgan fingerprint density at radius 2 is 0.600 bits per heavy atom. The van der Waals surface area contributed by atoms with E-state index in [9.17, 15) is 0 Å². The fourth-order valence-corrected chi connectivity index (χ4v) is 0. The fraction of sp³-hybridized carbons (Fsp3) is 0.500. The van der Waals surface area contributed by atoms with E-state index in [0.717, 1.165) is 0 Å². The monoisotopic (exact) mass is 106 g/mol. The fourth-order valence-electron chi connectivity index (χ4n) is 0. The van der Waals surface area contributed by atoms with Crippen molar-refractivity contribution >= 4 is 69.2 Å². The maximum Gasteiger partial charge on any atom is 0.316 e. The largest absolute Gasteiger partial charge is 0.316 e. The number of hydrogen-bond donors (Lipinski definition) is 0. The lowest BCUT2D eigenvalue weighted by Crippen LogP contribution is -0.382. The van der Waals surface area contributed by atoms with Crippen LogP contribution in [0.15, 0.2) is 0 Å². The summed E-state index contributed by atoms with van der Waals surface area (Å²) in [7, 11) is 0. The van der Waals surface area contributed by atoms with Gasteiger partial charge in [0.2, 0.25) is 0 Å². The van der Waals surface area contributed by atoms with E-state index < -0.39 is 0 Å². The summed E-state index contributed by atoms with van der Waals surface area (Å²) in [5, 5.41) is 0. The van der Waals surface area contributed by atoms with Gasteiger partial charge in [0.15, 0.2) is 0 Å². The van der Waals surface area contributed by atoms with Crippen LogP contribution in [0, 0.1) is 7.43 Å². The van der Waals surface area contributed by atoms with Gasteiger partial charge in [-0.2, -0.15) is 0 Å². The molecule has 24 valence electrons. The third kappa shape index (κ3) is 22.0. The first-order valence-corrected chi connectivity index (χ1v) is 0. The van der Waals surface area contributed by atoms with Crippen LogP contribution in [0.4, 0.5) is 0 Å². The van der Waals surface area contributed by atoms with E-state index in [1.165, 1.54) is 0 Å². The Bertz CT molecular complexity index is 4.85. The van der Waals surface area contributed by atoms with Gasteiger partial charge in [-0.3, -0.25) is 0 Å². The van der Waals surface area contributed by atoms with Crippen molar-refractivity contribution in [3.63, 3.8) is 0 Å². The molecule has 0 aromatic rings. The van der Waals surface area contributed by atoms with E-state index in [0.29, 0.717) is 0 Å². The van der Waals surface area contributed by atoms with Crippen molar-refractivity contribution in [2.45, 2.75) is 7.43 Å². The first-order chi connectivity index (χ1) is 0. The van der Waals surface area contributed by atoms with Crippen LogP contribution in [-0.2, 0) is 0 Å². The van der Waals surface area contributed by atoms with Crippen molar-refractivity contribution in [3.05, 3.63) is 7.43 Å². The van der Waals surface area contributed by atoms with Crippen LogP contribution in [-0.4, -0.2) is 69.2 Å². The second kappa shape index (κ2) is 33.5. The molecule has 0 saturated heterocycles. The summed E-state index contributed by atoms with van der Waals surface area (Å²) in [5.41, 5.74) is 0. The summed E-state index contributed by atoms with van der Waals surface area (Å²) >= 11 is 0. The molecule has 5 heavy (non-hydrogen) atoms. The molecule has 0 bridgehead atoms. The van der Waals surface area contributed by atoms with Gasteiger partial charge >= 0.3 is 69.2 Å². The normalized spacial score (nSPS) is 0. The maximum absolute atomic E-state index is 0. The molecule has 0 aliphatic rings. The first kappa shape index (κ1) is 54.8. The molecule has 0 aliphatic carbocycles. The van der Waals surface area contributed by atoms with Crippen LogP contribution in [0.25, 0.3) is 0 Å². The molecule has 0 aromatic carbocycles. The van der Waals surface area contributed by atoms with Crippen molar-refractivity contribution in [3.8, 4) is 0 Å². The summed E-state index contributed by atoms with van der Waals surface area (Å²) in [5.74, 6) is 0. The third-order valence-corrected chi connectivity index (χ3v) is 0. The van der Waals surface area contributed by atoms with E-state index in [-0.39, 0.29) is 84.0 Å². The average Bonchev–Trinajstić information content (AvgIpc) is 0. The zero-order chi connectivity index (χ0) is 0. The highest BCUT2D eigenvalue weighted by Gasteiger charge is 0.318. The van der Waals surface area contributed by atoms with Crippen molar-refractivity contribution in [2.75, 3.05) is 0 Å². The SMILES string of the molecule is C.[C].[MgH2].[MgH2].[MgH2]. The smallest absolute Gasteiger partial charge is 0.0776 e. The van der Waals surface area contributed by atoms with Gasteiger partial charge in [-0.05, 0) is 0 Å². The van der Waals surface area contributed by atoms with E-state index in [4.69, 9.17) is 0 Å². The molecule has 4 radical (unpaired) electrons. The van der Waals surface area contributed by atoms with Gasteiger partial charge in [-0.1, -0.05) is 7.43 Å². The van der Waals surface area contributed by atoms with Crippen LogP contribution >= 0.6 is 0 Å². The van der Waals surface area contributed by atoms with Gasteiger partial charge in [0.25, 0.3) is 0 Å². The average molecular weight is 107 g/mol. The molecule has 0 fully saturated rings. The van der Waals surface area contributed by atoms with Crippen molar-refractivity contribution in [2.24, 2.45) is 0 Å². The van der Waals surface area contributed by atoms with Gasteiger partial charge in [0.1, 0.15) is 0 Å². The zero-order valence-corrected chi connectivity index (χ0v) is 0.500. The highest BCUT2D eigenvalue weighted by atomic mass is 24.3. The minimum atomic E-state index is 0. The summed E-state index contributed by atoms with van der Waals surface area (Å²) in [6, 6.07) is 0. The summed E-state index contributed by atoms with van der Waals surface area (Å²) in [6.45, 7) is 0. The standard InChI is InChI=1S/CH4.C.3Mg.6H/h1H4;;;;;;;;;;. The molecule has 3 heteroatoms. The molecular formula is C2H10Mg3. The molecular weight excluding hydrogens is 96.9 g/mol. The molecule has 0 unspecified atom stereocenters. The van der Waals surface area contributed by atoms with Gasteiger partial charge in [-0.25, -0.2) is 0 Å². The molecule has 0 spiro atoms. The van der Waals surface area contributed by atoms with Crippen LogP contribution < -0.4 is 0 Å². The van der Waals surface area contributed by atoms with Crippen LogP contribution in [0.3, 0.4) is 0 Å². The second-order valence-electron chi connectivity index (χ2n) is 0. The molecule has 0 heterocycles. The van der Waals surface area contributed by atoms with Gasteiger partial charge in [-0.15, -0.1) is 0 Å². The van der Waals surface area contributed by atoms with Gasteiger partial charge in [0.05, 0.1) is 0 Å². The Kier molecular flexibility index (Phi) is 367. The Balaban J connectivity index is 0. The maximum atomic E-state index is 0. The minimum Gasteiger partial charge on any atom is -0.0776 e. The quantitative estimate of drug-likeness (QED) is 0.313. The van der Waals surface area contributed by atoms with E-state index in [2.05, 4.69) is 0 Å². The van der Waals surface area contributed by atoms with Crippen LogP contribution in [0.5, 0.6) is 0 Å². The second-order valence-corrected chi connectivity index (χ2v) is 0. The molecule has 0 saturated carbocycles. The lowest BCUT2D eigenvalue weighted by Gasteiger charge is -0.0776. The molecule has 0 nitrogen and oxygen atoms in total. The van der Waals surface area contributed by atoms with Crippen molar-refractivity contribution < 1.29 is 0 Å². The molecule has 0 atom stereocenters. The Morgan fingerprint density at radius 1 is 0.600 bits per heavy atom. The summed E-state index contributed by atoms with van der Waals surface area (Å²) in [4.78, 5) is 0. The topological polar surface area (TPSA) is 0 Å². The molecule has 0 amide bonds. The lowest BCUT2D eigenvalue weighted by molar-refractivity contribution is 2.50. The minimum absolute atomic E-state index is 0. The van der Waals surface area contributed by atoms with Crippen molar-refractivity contribution in [1.29, 1.82) is 0 Å². The molecule has 0 rings (SSSR count). The van der Waals surface area contributed by atoms with E-state index in [1.807, 2.05) is 0 Å². The predicted molar refractivity (Wildman–Crippen MR) is 35.6 cm³/mol. The van der Waals surface area contributed by atoms with Gasteiger partial charge < -0.3 is 0 Å². The van der Waals surface area contributed by atoms with Crippen LogP contribution in [0.1, 0.15) is 7.43 Å². The molecule has 0 aliphatic heterocycles. The number of hydrogen-bond acceptors (Lipinski definition) is 0. The molecule has 0 N–H and O–H groups in total. The Morgan fingerprint density at radius 3 is 0.600 bits per heavy atom. The highest BCUT2D eigenvalue weighted by Crippen LogP contribution is 0.144. The third-order valence-electron chi connectivity index (χ3n) is 0. The van der Waals surface area contributed by atoms with E-state index >= 15 is 0 Å². The van der Waals surface area contributed by atoms with Gasteiger partial charge in [0, 0.05) is 7.43 Å². The highest BCUT2D eigenvalue weighted by molar-refractivity contribution is 5.76. The molecule has 0 aromatic heterocycles. The van der Waals surface area contributed by atoms with E-state index in [1.54, 1.807) is 0 Å². The summed E-state index contributed by atoms with van der Waals surface area (Å²) in [6.07, 6.45) is 0. The zero-order valence-electron chi connectivity index (χ0n) is 0.500. The van der Waals surface area contributed by atoms with Crippen LogP contribution in [0.2, 0.25) is 0 Å². The Labute approximate surface area is 82.9 Å². The Hall–Kier alpha value is 2.30. The number of rotatable bonds is 0. The predicted octanol–water partition coefficient (Wildman–Crippen LogP) is -2.03.